The van der Waals surface area contributed by atoms with Crippen molar-refractivity contribution in [1.29, 1.82) is 0 Å². The van der Waals surface area contributed by atoms with Crippen molar-refractivity contribution in [3.05, 3.63) is 54.4 Å². The summed E-state index contributed by atoms with van der Waals surface area (Å²) in [4.78, 5) is 15.7. The van der Waals surface area contributed by atoms with Gasteiger partial charge in [-0.15, -0.1) is 0 Å². The molecule has 0 radical (unpaired) electrons. The van der Waals surface area contributed by atoms with Gasteiger partial charge in [0, 0.05) is 6.26 Å². The number of carboxylic acid groups (broad SMARTS) is 1. The van der Waals surface area contributed by atoms with Crippen molar-refractivity contribution in [2.75, 3.05) is 6.26 Å². The summed E-state index contributed by atoms with van der Waals surface area (Å²) in [6.45, 7) is 0. The van der Waals surface area contributed by atoms with Gasteiger partial charge in [-0.1, -0.05) is 12.1 Å². The van der Waals surface area contributed by atoms with Gasteiger partial charge < -0.3 is 5.11 Å². The molecule has 0 atom stereocenters. The molecule has 0 aliphatic carbocycles. The molecule has 0 saturated heterocycles. The van der Waals surface area contributed by atoms with E-state index in [1.54, 1.807) is 4.57 Å². The van der Waals surface area contributed by atoms with Gasteiger partial charge in [-0.3, -0.25) is 4.57 Å². The number of para-hydroxylation sites is 2. The van der Waals surface area contributed by atoms with Crippen LogP contribution >= 0.6 is 0 Å². The fourth-order valence-corrected chi connectivity index (χ4v) is 2.93. The Balaban J connectivity index is 2.29. The van der Waals surface area contributed by atoms with E-state index >= 15 is 0 Å². The van der Waals surface area contributed by atoms with Gasteiger partial charge in [0.05, 0.1) is 27.2 Å². The molecule has 3 rings (SSSR count). The van der Waals surface area contributed by atoms with E-state index in [0.717, 1.165) is 17.3 Å². The maximum absolute atomic E-state index is 11.6. The number of carbonyl (C=O) groups is 1. The summed E-state index contributed by atoms with van der Waals surface area (Å²) in [5.74, 6) is -1.20. The van der Waals surface area contributed by atoms with Crippen molar-refractivity contribution in [3.8, 4) is 5.69 Å². The lowest BCUT2D eigenvalue weighted by molar-refractivity contribution is 0.0696. The van der Waals surface area contributed by atoms with E-state index in [4.69, 9.17) is 0 Å². The minimum atomic E-state index is -3.48. The lowest BCUT2D eigenvalue weighted by Gasteiger charge is -2.10. The Kier molecular flexibility index (Phi) is 3.22. The third-order valence-electron chi connectivity index (χ3n) is 3.34. The summed E-state index contributed by atoms with van der Waals surface area (Å²) >= 11 is 0. The Bertz CT molecular complexity index is 990. The molecule has 6 nitrogen and oxygen atoms in total. The van der Waals surface area contributed by atoms with E-state index in [0.29, 0.717) is 5.69 Å². The molecular weight excluding hydrogens is 304 g/mol. The van der Waals surface area contributed by atoms with Gasteiger partial charge in [-0.25, -0.2) is 18.2 Å². The van der Waals surface area contributed by atoms with Crippen molar-refractivity contribution in [2.24, 2.45) is 0 Å². The smallest absolute Gasteiger partial charge is 0.337 e. The average molecular weight is 316 g/mol. The average Bonchev–Trinajstić information content (AvgIpc) is 2.89. The number of nitrogens with zero attached hydrogens (tertiary/aromatic N) is 2. The van der Waals surface area contributed by atoms with E-state index < -0.39 is 15.8 Å². The summed E-state index contributed by atoms with van der Waals surface area (Å²) in [6.07, 6.45) is 2.56. The molecule has 112 valence electrons. The van der Waals surface area contributed by atoms with Crippen LogP contribution < -0.4 is 0 Å². The minimum Gasteiger partial charge on any atom is -0.478 e. The molecule has 22 heavy (non-hydrogen) atoms. The number of aromatic carboxylic acids is 1. The second-order valence-corrected chi connectivity index (χ2v) is 6.88. The SMILES string of the molecule is CS(=O)(=O)c1ccc(-n2cnc3ccccc32)c(C(=O)O)c1. The lowest BCUT2D eigenvalue weighted by atomic mass is 10.1. The van der Waals surface area contributed by atoms with Crippen molar-refractivity contribution in [3.63, 3.8) is 0 Å². The first kappa shape index (κ1) is 14.3. The van der Waals surface area contributed by atoms with Crippen LogP contribution in [0.25, 0.3) is 16.7 Å². The van der Waals surface area contributed by atoms with Gasteiger partial charge in [0.25, 0.3) is 0 Å². The molecule has 0 fully saturated rings. The highest BCUT2D eigenvalue weighted by Crippen LogP contribution is 2.23. The second kappa shape index (κ2) is 4.96. The molecule has 0 unspecified atom stereocenters. The number of hydrogen-bond acceptors (Lipinski definition) is 4. The third kappa shape index (κ3) is 2.35. The molecule has 0 saturated carbocycles. The number of benzene rings is 2. The number of sulfone groups is 1. The fourth-order valence-electron chi connectivity index (χ4n) is 2.28. The van der Waals surface area contributed by atoms with Gasteiger partial charge in [-0.05, 0) is 30.3 Å². The fraction of sp³-hybridized carbons (Fsp3) is 0.0667. The highest BCUT2D eigenvalue weighted by molar-refractivity contribution is 7.90. The van der Waals surface area contributed by atoms with Crippen LogP contribution in [0.2, 0.25) is 0 Å². The molecule has 1 aromatic heterocycles. The molecule has 3 aromatic rings. The van der Waals surface area contributed by atoms with E-state index in [2.05, 4.69) is 4.98 Å². The standard InChI is InChI=1S/C15H12N2O4S/c1-22(20,21)10-6-7-13(11(8-10)15(18)19)17-9-16-12-4-2-3-5-14(12)17/h2-9H,1H3,(H,18,19). The van der Waals surface area contributed by atoms with Crippen LogP contribution in [0.15, 0.2) is 53.7 Å². The van der Waals surface area contributed by atoms with E-state index in [1.807, 2.05) is 24.3 Å². The summed E-state index contributed by atoms with van der Waals surface area (Å²) in [6, 6.07) is 11.3. The first-order chi connectivity index (χ1) is 10.4. The van der Waals surface area contributed by atoms with Crippen molar-refractivity contribution < 1.29 is 18.3 Å². The molecule has 7 heteroatoms. The van der Waals surface area contributed by atoms with Crippen LogP contribution in [0.3, 0.4) is 0 Å². The number of hydrogen-bond donors (Lipinski definition) is 1. The number of fused-ring (bicyclic) bond motifs is 1. The summed E-state index contributed by atoms with van der Waals surface area (Å²) in [5, 5.41) is 9.40. The zero-order valence-corrected chi connectivity index (χ0v) is 12.4. The quantitative estimate of drug-likeness (QED) is 0.799. The van der Waals surface area contributed by atoms with Gasteiger partial charge in [0.1, 0.15) is 6.33 Å². The monoisotopic (exact) mass is 316 g/mol. The number of rotatable bonds is 3. The first-order valence-corrected chi connectivity index (χ1v) is 8.27. The van der Waals surface area contributed by atoms with Gasteiger partial charge in [0.2, 0.25) is 0 Å². The molecule has 1 N–H and O–H groups in total. The van der Waals surface area contributed by atoms with Crippen LogP contribution in [0, 0.1) is 0 Å². The summed E-state index contributed by atoms with van der Waals surface area (Å²) in [7, 11) is -3.48. The molecule has 0 aliphatic heterocycles. The topological polar surface area (TPSA) is 89.3 Å². The number of imidazole rings is 1. The zero-order valence-electron chi connectivity index (χ0n) is 11.6. The van der Waals surface area contributed by atoms with Crippen LogP contribution in [0.5, 0.6) is 0 Å². The molecule has 0 amide bonds. The molecule has 2 aromatic carbocycles. The third-order valence-corrected chi connectivity index (χ3v) is 4.45. The van der Waals surface area contributed by atoms with Crippen molar-refractivity contribution in [2.45, 2.75) is 4.90 Å². The van der Waals surface area contributed by atoms with Crippen molar-refractivity contribution in [1.82, 2.24) is 9.55 Å². The van der Waals surface area contributed by atoms with E-state index in [9.17, 15) is 18.3 Å². The largest absolute Gasteiger partial charge is 0.478 e. The second-order valence-electron chi connectivity index (χ2n) is 4.86. The molecular formula is C15H12N2O4S. The van der Waals surface area contributed by atoms with Crippen LogP contribution in [-0.4, -0.2) is 35.3 Å². The lowest BCUT2D eigenvalue weighted by Crippen LogP contribution is -2.07. The summed E-state index contributed by atoms with van der Waals surface area (Å²) < 4.78 is 24.8. The number of aromatic nitrogens is 2. The van der Waals surface area contributed by atoms with Crippen molar-refractivity contribution >= 4 is 26.8 Å². The molecule has 0 bridgehead atoms. The Hall–Kier alpha value is -2.67. The molecule has 0 spiro atoms. The predicted octanol–water partition coefficient (Wildman–Crippen LogP) is 2.13. The van der Waals surface area contributed by atoms with Gasteiger partial charge >= 0.3 is 5.97 Å². The molecule has 0 aliphatic rings. The van der Waals surface area contributed by atoms with Crippen LogP contribution in [-0.2, 0) is 9.84 Å². The Morgan fingerprint density at radius 1 is 1.18 bits per heavy atom. The zero-order chi connectivity index (χ0) is 15.9. The normalized spacial score (nSPS) is 11.7. The Morgan fingerprint density at radius 2 is 1.91 bits per heavy atom. The first-order valence-electron chi connectivity index (χ1n) is 6.38. The highest BCUT2D eigenvalue weighted by atomic mass is 32.2. The van der Waals surface area contributed by atoms with Crippen LogP contribution in [0.4, 0.5) is 0 Å². The predicted molar refractivity (Wildman–Crippen MR) is 81.1 cm³/mol. The highest BCUT2D eigenvalue weighted by Gasteiger charge is 2.17. The van der Waals surface area contributed by atoms with Crippen LogP contribution in [0.1, 0.15) is 10.4 Å². The Labute approximate surface area is 126 Å². The van der Waals surface area contributed by atoms with E-state index in [1.165, 1.54) is 24.5 Å². The Morgan fingerprint density at radius 3 is 2.59 bits per heavy atom. The summed E-state index contributed by atoms with van der Waals surface area (Å²) in [5.41, 5.74) is 1.75. The van der Waals surface area contributed by atoms with E-state index in [-0.39, 0.29) is 10.5 Å². The van der Waals surface area contributed by atoms with Gasteiger partial charge in [-0.2, -0.15) is 0 Å². The molecule has 1 heterocycles. The van der Waals surface area contributed by atoms with Gasteiger partial charge in [0.15, 0.2) is 9.84 Å². The minimum absolute atomic E-state index is 0.0296. The maximum Gasteiger partial charge on any atom is 0.337 e. The maximum atomic E-state index is 11.6. The number of carboxylic acids is 1.